The molecule has 0 radical (unpaired) electrons. The second kappa shape index (κ2) is 7.58. The van der Waals surface area contributed by atoms with Crippen molar-refractivity contribution in [2.45, 2.75) is 6.92 Å². The van der Waals surface area contributed by atoms with Gasteiger partial charge in [-0.1, -0.05) is 23.8 Å². The Morgan fingerprint density at radius 1 is 0.962 bits per heavy atom. The van der Waals surface area contributed by atoms with E-state index in [4.69, 9.17) is 9.47 Å². The molecule has 0 aliphatic carbocycles. The van der Waals surface area contributed by atoms with Crippen molar-refractivity contribution in [2.24, 2.45) is 0 Å². The zero-order valence-electron chi connectivity index (χ0n) is 14.9. The molecule has 0 atom stereocenters. The van der Waals surface area contributed by atoms with Crippen LogP contribution >= 0.6 is 0 Å². The van der Waals surface area contributed by atoms with Crippen LogP contribution in [0.4, 0.5) is 11.4 Å². The van der Waals surface area contributed by atoms with Crippen LogP contribution in [0, 0.1) is 18.3 Å². The van der Waals surface area contributed by atoms with Crippen LogP contribution in [0.3, 0.4) is 0 Å². The number of ether oxygens (including phenoxy) is 2. The van der Waals surface area contributed by atoms with Gasteiger partial charge in [-0.05, 0) is 36.8 Å². The molecule has 0 unspecified atom stereocenters. The van der Waals surface area contributed by atoms with E-state index in [0.29, 0.717) is 22.7 Å². The maximum Gasteiger partial charge on any atom is 0.161 e. The Hall–Kier alpha value is -3.52. The summed E-state index contributed by atoms with van der Waals surface area (Å²) in [6, 6.07) is 15.8. The van der Waals surface area contributed by atoms with E-state index in [2.05, 4.69) is 16.4 Å². The molecule has 5 nitrogen and oxygen atoms in total. The lowest BCUT2D eigenvalue weighted by Crippen LogP contribution is -1.99. The minimum atomic E-state index is 0.470. The highest BCUT2D eigenvalue weighted by Crippen LogP contribution is 2.37. The van der Waals surface area contributed by atoms with Crippen molar-refractivity contribution in [2.75, 3.05) is 19.5 Å². The van der Waals surface area contributed by atoms with Gasteiger partial charge in [0.15, 0.2) is 11.5 Å². The summed E-state index contributed by atoms with van der Waals surface area (Å²) in [5, 5.41) is 12.9. The third-order valence-corrected chi connectivity index (χ3v) is 4.08. The van der Waals surface area contributed by atoms with Crippen LogP contribution in [0.1, 0.15) is 11.1 Å². The standard InChI is InChI=1S/C21H19N3O2/c1-14-4-7-17(8-5-14)24-21-16(11-22)12-23-13-18(21)15-6-9-19(25-2)20(10-15)26-3/h4-10,12-13H,1-3H3,(H,23,24). The Morgan fingerprint density at radius 2 is 1.69 bits per heavy atom. The first-order valence-corrected chi connectivity index (χ1v) is 8.10. The molecular weight excluding hydrogens is 326 g/mol. The molecule has 0 aliphatic rings. The van der Waals surface area contributed by atoms with E-state index in [1.54, 1.807) is 26.6 Å². The first-order chi connectivity index (χ1) is 12.7. The average Bonchev–Trinajstić information content (AvgIpc) is 2.69. The van der Waals surface area contributed by atoms with Gasteiger partial charge in [0.1, 0.15) is 6.07 Å². The molecule has 0 saturated carbocycles. The van der Waals surface area contributed by atoms with Gasteiger partial charge in [-0.15, -0.1) is 0 Å². The molecule has 0 saturated heterocycles. The predicted octanol–water partition coefficient (Wildman–Crippen LogP) is 4.69. The van der Waals surface area contributed by atoms with Gasteiger partial charge in [-0.2, -0.15) is 5.26 Å². The Labute approximate surface area is 152 Å². The smallest absolute Gasteiger partial charge is 0.161 e. The molecule has 1 heterocycles. The van der Waals surface area contributed by atoms with Gasteiger partial charge in [-0.25, -0.2) is 0 Å². The zero-order valence-corrected chi connectivity index (χ0v) is 14.9. The lowest BCUT2D eigenvalue weighted by Gasteiger charge is -2.15. The fourth-order valence-corrected chi connectivity index (χ4v) is 2.68. The summed E-state index contributed by atoms with van der Waals surface area (Å²) >= 11 is 0. The summed E-state index contributed by atoms with van der Waals surface area (Å²) in [4.78, 5) is 4.21. The third-order valence-electron chi connectivity index (χ3n) is 4.08. The maximum atomic E-state index is 9.52. The number of pyridine rings is 1. The molecule has 3 aromatic rings. The number of aryl methyl sites for hydroxylation is 1. The van der Waals surface area contributed by atoms with Gasteiger partial charge in [0.2, 0.25) is 0 Å². The molecule has 1 aromatic heterocycles. The van der Waals surface area contributed by atoms with E-state index in [1.807, 2.05) is 49.4 Å². The van der Waals surface area contributed by atoms with Gasteiger partial charge in [-0.3, -0.25) is 4.98 Å². The normalized spacial score (nSPS) is 10.1. The van der Waals surface area contributed by atoms with E-state index in [-0.39, 0.29) is 0 Å². The van der Waals surface area contributed by atoms with Crippen LogP contribution in [-0.2, 0) is 0 Å². The van der Waals surface area contributed by atoms with Gasteiger partial charge in [0.05, 0.1) is 25.5 Å². The summed E-state index contributed by atoms with van der Waals surface area (Å²) in [5.41, 5.74) is 4.94. The molecule has 0 fully saturated rings. The summed E-state index contributed by atoms with van der Waals surface area (Å²) in [6.45, 7) is 2.03. The van der Waals surface area contributed by atoms with E-state index >= 15 is 0 Å². The molecule has 2 aromatic carbocycles. The Morgan fingerprint density at radius 3 is 2.35 bits per heavy atom. The second-order valence-corrected chi connectivity index (χ2v) is 5.78. The van der Waals surface area contributed by atoms with Crippen LogP contribution in [-0.4, -0.2) is 19.2 Å². The van der Waals surface area contributed by atoms with Crippen molar-refractivity contribution in [1.82, 2.24) is 4.98 Å². The fourth-order valence-electron chi connectivity index (χ4n) is 2.68. The van der Waals surface area contributed by atoms with Crippen LogP contribution in [0.25, 0.3) is 11.1 Å². The van der Waals surface area contributed by atoms with Crippen molar-refractivity contribution in [3.63, 3.8) is 0 Å². The third kappa shape index (κ3) is 3.45. The number of methoxy groups -OCH3 is 2. The molecule has 26 heavy (non-hydrogen) atoms. The quantitative estimate of drug-likeness (QED) is 0.726. The maximum absolute atomic E-state index is 9.52. The lowest BCUT2D eigenvalue weighted by molar-refractivity contribution is 0.355. The van der Waals surface area contributed by atoms with E-state index in [0.717, 1.165) is 16.8 Å². The summed E-state index contributed by atoms with van der Waals surface area (Å²) in [6.07, 6.45) is 3.29. The highest BCUT2D eigenvalue weighted by atomic mass is 16.5. The number of nitrogens with zero attached hydrogens (tertiary/aromatic N) is 2. The minimum Gasteiger partial charge on any atom is -0.493 e. The average molecular weight is 345 g/mol. The number of aromatic nitrogens is 1. The number of anilines is 2. The van der Waals surface area contributed by atoms with E-state index < -0.39 is 0 Å². The Balaban J connectivity index is 2.10. The SMILES string of the molecule is COc1ccc(-c2cncc(C#N)c2Nc2ccc(C)cc2)cc1OC. The van der Waals surface area contributed by atoms with Gasteiger partial charge < -0.3 is 14.8 Å². The Kier molecular flexibility index (Phi) is 5.04. The molecule has 0 amide bonds. The van der Waals surface area contributed by atoms with Crippen molar-refractivity contribution >= 4 is 11.4 Å². The van der Waals surface area contributed by atoms with Crippen molar-refractivity contribution in [3.05, 3.63) is 66.0 Å². The van der Waals surface area contributed by atoms with Crippen molar-refractivity contribution in [3.8, 4) is 28.7 Å². The number of nitriles is 1. The van der Waals surface area contributed by atoms with Crippen molar-refractivity contribution in [1.29, 1.82) is 5.26 Å². The highest BCUT2D eigenvalue weighted by molar-refractivity contribution is 5.85. The summed E-state index contributed by atoms with van der Waals surface area (Å²) in [7, 11) is 3.19. The minimum absolute atomic E-state index is 0.470. The van der Waals surface area contributed by atoms with Crippen LogP contribution < -0.4 is 14.8 Å². The topological polar surface area (TPSA) is 67.2 Å². The molecule has 0 bridgehead atoms. The number of hydrogen-bond acceptors (Lipinski definition) is 5. The molecule has 0 aliphatic heterocycles. The zero-order chi connectivity index (χ0) is 18.5. The molecule has 0 spiro atoms. The molecule has 5 heteroatoms. The fraction of sp³-hybridized carbons (Fsp3) is 0.143. The largest absolute Gasteiger partial charge is 0.493 e. The number of nitrogens with one attached hydrogen (secondary N) is 1. The number of rotatable bonds is 5. The van der Waals surface area contributed by atoms with E-state index in [9.17, 15) is 5.26 Å². The van der Waals surface area contributed by atoms with Gasteiger partial charge >= 0.3 is 0 Å². The number of hydrogen-bond donors (Lipinski definition) is 1. The predicted molar refractivity (Wildman–Crippen MR) is 102 cm³/mol. The first kappa shape index (κ1) is 17.3. The molecule has 3 rings (SSSR count). The monoisotopic (exact) mass is 345 g/mol. The van der Waals surface area contributed by atoms with Gasteiger partial charge in [0, 0.05) is 23.6 Å². The van der Waals surface area contributed by atoms with Gasteiger partial charge in [0.25, 0.3) is 0 Å². The summed E-state index contributed by atoms with van der Waals surface area (Å²) < 4.78 is 10.7. The molecule has 130 valence electrons. The van der Waals surface area contributed by atoms with E-state index in [1.165, 1.54) is 5.56 Å². The van der Waals surface area contributed by atoms with Crippen molar-refractivity contribution < 1.29 is 9.47 Å². The molecule has 1 N–H and O–H groups in total. The lowest BCUT2D eigenvalue weighted by atomic mass is 10.0. The van der Waals surface area contributed by atoms with Crippen LogP contribution in [0.15, 0.2) is 54.9 Å². The first-order valence-electron chi connectivity index (χ1n) is 8.10. The van der Waals surface area contributed by atoms with Crippen LogP contribution in [0.2, 0.25) is 0 Å². The summed E-state index contributed by atoms with van der Waals surface area (Å²) in [5.74, 6) is 1.27. The Bertz CT molecular complexity index is 960. The number of benzene rings is 2. The second-order valence-electron chi connectivity index (χ2n) is 5.78. The molecular formula is C21H19N3O2. The van der Waals surface area contributed by atoms with Crippen LogP contribution in [0.5, 0.6) is 11.5 Å². The highest BCUT2D eigenvalue weighted by Gasteiger charge is 2.14.